The lowest BCUT2D eigenvalue weighted by molar-refractivity contribution is -0.138. The summed E-state index contributed by atoms with van der Waals surface area (Å²) in [6, 6.07) is 10.3. The third-order valence-corrected chi connectivity index (χ3v) is 6.76. The summed E-state index contributed by atoms with van der Waals surface area (Å²) >= 11 is 0.686. The number of hydrogen-bond donors (Lipinski definition) is 1. The van der Waals surface area contributed by atoms with Gasteiger partial charge in [-0.2, -0.15) is 13.2 Å². The van der Waals surface area contributed by atoms with Gasteiger partial charge in [-0.15, -0.1) is 0 Å². The predicted molar refractivity (Wildman–Crippen MR) is 123 cm³/mol. The number of rotatable bonds is 4. The van der Waals surface area contributed by atoms with Gasteiger partial charge >= 0.3 is 6.18 Å². The van der Waals surface area contributed by atoms with E-state index in [-0.39, 0.29) is 30.8 Å². The number of amides is 4. The first-order valence-corrected chi connectivity index (χ1v) is 11.6. The quantitative estimate of drug-likeness (QED) is 0.467. The van der Waals surface area contributed by atoms with Crippen molar-refractivity contribution in [1.82, 2.24) is 9.80 Å². The van der Waals surface area contributed by atoms with Gasteiger partial charge in [-0.05, 0) is 60.5 Å². The molecule has 4 amide bonds. The number of carbonyl (C=O) groups excluding carboxylic acids is 4. The molecule has 0 unspecified atom stereocenters. The van der Waals surface area contributed by atoms with Gasteiger partial charge in [-0.3, -0.25) is 24.1 Å². The standard InChI is InChI=1S/C24H19F4N3O4S/c25-15-6-7-18(24(26,27)28)17(12-15)21(33)30-10-8-14(9-11-30)20-22(34)31(23(35)36-20)13-19(32)29-16-4-2-1-3-5-16/h1-7,12H,8-11,13H2,(H,29,32). The van der Waals surface area contributed by atoms with E-state index in [0.717, 1.165) is 9.80 Å². The first kappa shape index (κ1) is 25.4. The Balaban J connectivity index is 1.43. The van der Waals surface area contributed by atoms with Crippen molar-refractivity contribution in [2.75, 3.05) is 25.0 Å². The normalized spacial score (nSPS) is 16.6. The number of carbonyl (C=O) groups is 4. The van der Waals surface area contributed by atoms with Crippen molar-refractivity contribution in [1.29, 1.82) is 0 Å². The Labute approximate surface area is 207 Å². The third-order valence-electron chi connectivity index (χ3n) is 5.70. The van der Waals surface area contributed by atoms with Gasteiger partial charge in [-0.1, -0.05) is 18.2 Å². The molecule has 188 valence electrons. The molecule has 0 aliphatic carbocycles. The van der Waals surface area contributed by atoms with Crippen molar-refractivity contribution >= 4 is 40.4 Å². The molecule has 2 aliphatic rings. The van der Waals surface area contributed by atoms with Gasteiger partial charge in [0.2, 0.25) is 5.91 Å². The molecule has 36 heavy (non-hydrogen) atoms. The fraction of sp³-hybridized carbons (Fsp3) is 0.250. The zero-order valence-corrected chi connectivity index (χ0v) is 19.4. The lowest BCUT2D eigenvalue weighted by Gasteiger charge is -2.30. The summed E-state index contributed by atoms with van der Waals surface area (Å²) in [6.45, 7) is -0.495. The van der Waals surface area contributed by atoms with E-state index in [9.17, 15) is 36.7 Å². The minimum Gasteiger partial charge on any atom is -0.338 e. The molecular weight excluding hydrogens is 502 g/mol. The van der Waals surface area contributed by atoms with Crippen molar-refractivity contribution in [2.45, 2.75) is 19.0 Å². The third kappa shape index (κ3) is 5.43. The monoisotopic (exact) mass is 521 g/mol. The minimum atomic E-state index is -4.83. The van der Waals surface area contributed by atoms with Gasteiger partial charge in [0.15, 0.2) is 0 Å². The van der Waals surface area contributed by atoms with E-state index in [0.29, 0.717) is 41.2 Å². The van der Waals surface area contributed by atoms with Crippen LogP contribution in [0.5, 0.6) is 0 Å². The highest BCUT2D eigenvalue weighted by molar-refractivity contribution is 8.18. The second-order valence-electron chi connectivity index (χ2n) is 8.09. The van der Waals surface area contributed by atoms with Crippen molar-refractivity contribution in [3.05, 3.63) is 76.0 Å². The van der Waals surface area contributed by atoms with Crippen molar-refractivity contribution < 1.29 is 36.7 Å². The van der Waals surface area contributed by atoms with Gasteiger partial charge in [0.1, 0.15) is 12.4 Å². The summed E-state index contributed by atoms with van der Waals surface area (Å²) in [5.74, 6) is -3.11. The van der Waals surface area contributed by atoms with E-state index in [1.54, 1.807) is 30.3 Å². The van der Waals surface area contributed by atoms with Crippen LogP contribution in [-0.2, 0) is 15.8 Å². The van der Waals surface area contributed by atoms with Gasteiger partial charge < -0.3 is 10.2 Å². The molecule has 2 aliphatic heterocycles. The maximum absolute atomic E-state index is 13.6. The fourth-order valence-electron chi connectivity index (χ4n) is 3.93. The number of imide groups is 1. The minimum absolute atomic E-state index is 0.0119. The van der Waals surface area contributed by atoms with Crippen LogP contribution in [0.2, 0.25) is 0 Å². The second-order valence-corrected chi connectivity index (χ2v) is 9.05. The summed E-state index contributed by atoms with van der Waals surface area (Å²) in [7, 11) is 0. The number of nitrogens with one attached hydrogen (secondary N) is 1. The van der Waals surface area contributed by atoms with Gasteiger partial charge in [-0.25, -0.2) is 4.39 Å². The number of piperidine rings is 1. The van der Waals surface area contributed by atoms with Crippen molar-refractivity contribution in [2.24, 2.45) is 0 Å². The number of thioether (sulfide) groups is 1. The number of alkyl halides is 3. The molecule has 2 heterocycles. The predicted octanol–water partition coefficient (Wildman–Crippen LogP) is 4.67. The number of anilines is 1. The van der Waals surface area contributed by atoms with Crippen LogP contribution in [0.3, 0.4) is 0 Å². The van der Waals surface area contributed by atoms with Crippen molar-refractivity contribution in [3.63, 3.8) is 0 Å². The van der Waals surface area contributed by atoms with Crippen molar-refractivity contribution in [3.8, 4) is 0 Å². The molecule has 2 aromatic rings. The molecule has 4 rings (SSSR count). The average molecular weight is 521 g/mol. The maximum atomic E-state index is 13.6. The molecule has 1 N–H and O–H groups in total. The highest BCUT2D eigenvalue weighted by Gasteiger charge is 2.40. The van der Waals surface area contributed by atoms with E-state index in [4.69, 9.17) is 0 Å². The van der Waals surface area contributed by atoms with Gasteiger partial charge in [0.05, 0.1) is 16.0 Å². The van der Waals surface area contributed by atoms with E-state index in [1.165, 1.54) is 0 Å². The lowest BCUT2D eigenvalue weighted by Crippen LogP contribution is -2.38. The largest absolute Gasteiger partial charge is 0.417 e. The molecule has 0 saturated carbocycles. The zero-order valence-electron chi connectivity index (χ0n) is 18.6. The Kier molecular flexibility index (Phi) is 7.16. The van der Waals surface area contributed by atoms with E-state index in [1.807, 2.05) is 0 Å². The smallest absolute Gasteiger partial charge is 0.338 e. The zero-order chi connectivity index (χ0) is 26.0. The van der Waals surface area contributed by atoms with Crippen LogP contribution >= 0.6 is 11.8 Å². The van der Waals surface area contributed by atoms with Crippen LogP contribution in [0.4, 0.5) is 28.0 Å². The molecule has 7 nitrogen and oxygen atoms in total. The summed E-state index contributed by atoms with van der Waals surface area (Å²) < 4.78 is 53.5. The Morgan fingerprint density at radius 2 is 1.67 bits per heavy atom. The molecular formula is C24H19F4N3O4S. The van der Waals surface area contributed by atoms with Gasteiger partial charge in [0.25, 0.3) is 17.1 Å². The molecule has 0 spiro atoms. The Bertz CT molecular complexity index is 1250. The Hall–Kier alpha value is -3.67. The average Bonchev–Trinajstić information content (AvgIpc) is 3.11. The molecule has 2 aromatic carbocycles. The number of hydrogen-bond acceptors (Lipinski definition) is 5. The van der Waals surface area contributed by atoms with Crippen LogP contribution in [0.25, 0.3) is 0 Å². The molecule has 12 heteroatoms. The SMILES string of the molecule is O=C(CN1C(=O)SC(=C2CCN(C(=O)c3cc(F)ccc3C(F)(F)F)CC2)C1=O)Nc1ccccc1. The first-order valence-electron chi connectivity index (χ1n) is 10.8. The summed E-state index contributed by atoms with van der Waals surface area (Å²) in [6.07, 6.45) is -4.53. The van der Waals surface area contributed by atoms with Crippen LogP contribution in [0.15, 0.2) is 59.0 Å². The second kappa shape index (κ2) is 10.1. The van der Waals surface area contributed by atoms with Gasteiger partial charge in [0, 0.05) is 18.8 Å². The molecule has 0 bridgehead atoms. The maximum Gasteiger partial charge on any atom is 0.417 e. The number of benzene rings is 2. The first-order chi connectivity index (χ1) is 17.0. The lowest BCUT2D eigenvalue weighted by atomic mass is 10.00. The molecule has 0 radical (unpaired) electrons. The number of likely N-dealkylation sites (tertiary alicyclic amines) is 1. The van der Waals surface area contributed by atoms with Crippen LogP contribution < -0.4 is 5.32 Å². The summed E-state index contributed by atoms with van der Waals surface area (Å²) in [5.41, 5.74) is -0.925. The van der Waals surface area contributed by atoms with E-state index < -0.39 is 52.6 Å². The molecule has 2 saturated heterocycles. The number of para-hydroxylation sites is 1. The highest BCUT2D eigenvalue weighted by atomic mass is 32.2. The number of halogens is 4. The fourth-order valence-corrected chi connectivity index (χ4v) is 4.91. The molecule has 2 fully saturated rings. The van der Waals surface area contributed by atoms with E-state index in [2.05, 4.69) is 5.32 Å². The Morgan fingerprint density at radius 1 is 1.00 bits per heavy atom. The van der Waals surface area contributed by atoms with Crippen LogP contribution in [-0.4, -0.2) is 52.4 Å². The van der Waals surface area contributed by atoms with Crippen LogP contribution in [0, 0.1) is 5.82 Å². The summed E-state index contributed by atoms with van der Waals surface area (Å²) in [5, 5.41) is 1.98. The number of nitrogens with zero attached hydrogens (tertiary/aromatic N) is 2. The molecule has 0 aromatic heterocycles. The Morgan fingerprint density at radius 3 is 2.31 bits per heavy atom. The van der Waals surface area contributed by atoms with Crippen LogP contribution in [0.1, 0.15) is 28.8 Å². The summed E-state index contributed by atoms with van der Waals surface area (Å²) in [4.78, 5) is 52.4. The molecule has 0 atom stereocenters. The highest BCUT2D eigenvalue weighted by Crippen LogP contribution is 2.37. The van der Waals surface area contributed by atoms with E-state index >= 15 is 0 Å². The topological polar surface area (TPSA) is 86.8 Å².